The summed E-state index contributed by atoms with van der Waals surface area (Å²) in [6, 6.07) is 26.6. The number of nitrogens with one attached hydrogen (secondary N) is 1. The van der Waals surface area contributed by atoms with Crippen LogP contribution in [0.15, 0.2) is 109 Å². The number of alkyl halides is 3. The molecule has 0 amide bonds. The molecule has 7 rings (SSSR count). The molecule has 37 heavy (non-hydrogen) atoms. The lowest BCUT2D eigenvalue weighted by Crippen LogP contribution is -2.33. The molecule has 1 aliphatic carbocycles. The molecule has 0 saturated carbocycles. The Bertz CT molecular complexity index is 1760. The summed E-state index contributed by atoms with van der Waals surface area (Å²) in [5.41, 5.74) is 6.56. The summed E-state index contributed by atoms with van der Waals surface area (Å²) in [5, 5.41) is 5.76. The molecule has 1 aromatic heterocycles. The Morgan fingerprint density at radius 1 is 0.784 bits per heavy atom. The van der Waals surface area contributed by atoms with Crippen LogP contribution in [0, 0.1) is 0 Å². The number of anilines is 1. The first-order valence-electron chi connectivity index (χ1n) is 12.3. The van der Waals surface area contributed by atoms with Gasteiger partial charge in [-0.1, -0.05) is 54.6 Å². The monoisotopic (exact) mass is 492 g/mol. The molecule has 2 aliphatic rings. The van der Waals surface area contributed by atoms with Gasteiger partial charge in [0.1, 0.15) is 0 Å². The second-order valence-electron chi connectivity index (χ2n) is 10.0. The predicted molar refractivity (Wildman–Crippen MR) is 144 cm³/mol. The molecule has 2 nitrogen and oxygen atoms in total. The van der Waals surface area contributed by atoms with E-state index in [4.69, 9.17) is 0 Å². The largest absolute Gasteiger partial charge is 0.416 e. The van der Waals surface area contributed by atoms with Gasteiger partial charge in [-0.15, -0.1) is 0 Å². The Morgan fingerprint density at radius 3 is 2.32 bits per heavy atom. The second kappa shape index (κ2) is 7.62. The number of aromatic nitrogens is 1. The predicted octanol–water partition coefficient (Wildman–Crippen LogP) is 8.65. The van der Waals surface area contributed by atoms with Crippen molar-refractivity contribution in [2.45, 2.75) is 24.6 Å². The van der Waals surface area contributed by atoms with Gasteiger partial charge in [0.05, 0.1) is 22.6 Å². The van der Waals surface area contributed by atoms with Crippen LogP contribution in [0.3, 0.4) is 0 Å². The fourth-order valence-corrected chi connectivity index (χ4v) is 5.88. The van der Waals surface area contributed by atoms with Gasteiger partial charge in [-0.2, -0.15) is 13.2 Å². The minimum atomic E-state index is -4.36. The van der Waals surface area contributed by atoms with Gasteiger partial charge >= 0.3 is 6.18 Å². The topological polar surface area (TPSA) is 17.0 Å². The van der Waals surface area contributed by atoms with Crippen LogP contribution in [-0.2, 0) is 11.6 Å². The van der Waals surface area contributed by atoms with Crippen LogP contribution in [0.4, 0.5) is 18.9 Å². The van der Waals surface area contributed by atoms with Crippen molar-refractivity contribution in [3.63, 3.8) is 0 Å². The number of fused-ring (bicyclic) bond motifs is 6. The van der Waals surface area contributed by atoms with Crippen molar-refractivity contribution in [1.29, 1.82) is 0 Å². The van der Waals surface area contributed by atoms with Crippen LogP contribution in [-0.4, -0.2) is 10.6 Å². The molecular weight excluding hydrogens is 469 g/mol. The van der Waals surface area contributed by atoms with Crippen molar-refractivity contribution in [2.75, 3.05) is 5.32 Å². The number of nitrogens with zero attached hydrogens (tertiary/aromatic N) is 1. The second-order valence-corrected chi connectivity index (χ2v) is 10.0. The van der Waals surface area contributed by atoms with E-state index in [0.717, 1.165) is 50.8 Å². The van der Waals surface area contributed by atoms with Crippen molar-refractivity contribution >= 4 is 27.5 Å². The number of hydrogen-bond donors (Lipinski definition) is 1. The molecule has 1 aliphatic heterocycles. The zero-order chi connectivity index (χ0) is 25.4. The summed E-state index contributed by atoms with van der Waals surface area (Å²) in [4.78, 5) is 0. The highest BCUT2D eigenvalue weighted by Gasteiger charge is 2.40. The third-order valence-corrected chi connectivity index (χ3v) is 7.87. The Kier molecular flexibility index (Phi) is 4.53. The van der Waals surface area contributed by atoms with Crippen molar-refractivity contribution in [3.05, 3.63) is 120 Å². The van der Waals surface area contributed by atoms with Gasteiger partial charge < -0.3 is 9.88 Å². The van der Waals surface area contributed by atoms with Crippen molar-refractivity contribution in [1.82, 2.24) is 4.57 Å². The average Bonchev–Trinajstić information content (AvgIpc) is 3.39. The van der Waals surface area contributed by atoms with Crippen LogP contribution in [0.5, 0.6) is 0 Å². The zero-order valence-corrected chi connectivity index (χ0v) is 20.1. The molecule has 0 radical (unpaired) electrons. The molecule has 0 bridgehead atoms. The highest BCUT2D eigenvalue weighted by Crippen LogP contribution is 2.46. The molecule has 0 fully saturated rings. The van der Waals surface area contributed by atoms with E-state index in [9.17, 15) is 13.2 Å². The van der Waals surface area contributed by atoms with Crippen LogP contribution in [0.1, 0.15) is 18.1 Å². The summed E-state index contributed by atoms with van der Waals surface area (Å²) in [7, 11) is 0. The smallest absolute Gasteiger partial charge is 0.377 e. The standard InChI is InChI=1S/C32H23F3N2/c1-31-17-5-4-8-30(31)36-27-15-9-21(19-26(27)31)20-10-16-29-25(18-20)24-6-2-3-7-28(24)37(29)23-13-11-22(12-14-23)32(33,34)35/h2-19,30,36H,1H3. The first-order valence-corrected chi connectivity index (χ1v) is 12.3. The Labute approximate surface area is 212 Å². The molecule has 1 N–H and O–H groups in total. The lowest BCUT2D eigenvalue weighted by atomic mass is 9.76. The molecule has 0 spiro atoms. The first-order chi connectivity index (χ1) is 17.8. The van der Waals surface area contributed by atoms with Crippen molar-refractivity contribution < 1.29 is 13.2 Å². The normalized spacial score (nSPS) is 20.3. The number of para-hydroxylation sites is 1. The van der Waals surface area contributed by atoms with Gasteiger partial charge in [0.15, 0.2) is 0 Å². The minimum Gasteiger partial charge on any atom is -0.377 e. The van der Waals surface area contributed by atoms with E-state index >= 15 is 0 Å². The Hall–Kier alpha value is -4.25. The summed E-state index contributed by atoms with van der Waals surface area (Å²) < 4.78 is 41.5. The summed E-state index contributed by atoms with van der Waals surface area (Å²) in [6.45, 7) is 2.27. The maximum atomic E-state index is 13.2. The molecule has 4 aromatic carbocycles. The molecule has 0 saturated heterocycles. The number of halogens is 3. The van der Waals surface area contributed by atoms with Gasteiger partial charge in [0, 0.05) is 27.6 Å². The van der Waals surface area contributed by atoms with E-state index in [0.29, 0.717) is 5.69 Å². The number of hydrogen-bond acceptors (Lipinski definition) is 1. The van der Waals surface area contributed by atoms with Gasteiger partial charge in [-0.3, -0.25) is 0 Å². The van der Waals surface area contributed by atoms with E-state index in [1.807, 2.05) is 22.8 Å². The van der Waals surface area contributed by atoms with Gasteiger partial charge in [0.25, 0.3) is 0 Å². The van der Waals surface area contributed by atoms with Crippen LogP contribution in [0.2, 0.25) is 0 Å². The van der Waals surface area contributed by atoms with E-state index in [1.54, 1.807) is 12.1 Å². The van der Waals surface area contributed by atoms with Gasteiger partial charge in [-0.25, -0.2) is 0 Å². The van der Waals surface area contributed by atoms with Crippen LogP contribution < -0.4 is 5.32 Å². The third-order valence-electron chi connectivity index (χ3n) is 7.87. The number of allylic oxidation sites excluding steroid dienone is 2. The lowest BCUT2D eigenvalue weighted by Gasteiger charge is -2.28. The molecule has 2 heterocycles. The Morgan fingerprint density at radius 2 is 1.51 bits per heavy atom. The third kappa shape index (κ3) is 3.27. The number of rotatable bonds is 2. The maximum Gasteiger partial charge on any atom is 0.416 e. The molecule has 182 valence electrons. The SMILES string of the molecule is CC12C=CC=CC1Nc1ccc(-c3ccc4c(c3)c3ccccc3n4-c3ccc(C(F)(F)F)cc3)cc12. The fraction of sp³-hybridized carbons (Fsp3) is 0.125. The lowest BCUT2D eigenvalue weighted by molar-refractivity contribution is -0.137. The summed E-state index contributed by atoms with van der Waals surface area (Å²) >= 11 is 0. The maximum absolute atomic E-state index is 13.2. The average molecular weight is 493 g/mol. The Balaban J connectivity index is 1.38. The van der Waals surface area contributed by atoms with E-state index in [1.165, 1.54) is 5.56 Å². The highest BCUT2D eigenvalue weighted by molar-refractivity contribution is 6.10. The first kappa shape index (κ1) is 22.0. The van der Waals surface area contributed by atoms with Crippen molar-refractivity contribution in [2.24, 2.45) is 0 Å². The highest BCUT2D eigenvalue weighted by atomic mass is 19.4. The van der Waals surface area contributed by atoms with Crippen LogP contribution >= 0.6 is 0 Å². The van der Waals surface area contributed by atoms with Crippen LogP contribution in [0.25, 0.3) is 38.6 Å². The summed E-state index contributed by atoms with van der Waals surface area (Å²) in [6.07, 6.45) is 4.32. The quantitative estimate of drug-likeness (QED) is 0.261. The van der Waals surface area contributed by atoms with Crippen molar-refractivity contribution in [3.8, 4) is 16.8 Å². The molecule has 2 unspecified atom stereocenters. The molecular formula is C32H23F3N2. The van der Waals surface area contributed by atoms with Gasteiger partial charge in [0.2, 0.25) is 0 Å². The number of benzene rings is 4. The zero-order valence-electron chi connectivity index (χ0n) is 20.1. The fourth-order valence-electron chi connectivity index (χ4n) is 5.88. The van der Waals surface area contributed by atoms with E-state index in [-0.39, 0.29) is 11.5 Å². The minimum absolute atomic E-state index is 0.0944. The van der Waals surface area contributed by atoms with Gasteiger partial charge in [-0.05, 0) is 78.2 Å². The molecule has 5 aromatic rings. The molecule has 5 heteroatoms. The summed E-state index contributed by atoms with van der Waals surface area (Å²) in [5.74, 6) is 0. The van der Waals surface area contributed by atoms with E-state index in [2.05, 4.69) is 79.0 Å². The van der Waals surface area contributed by atoms with E-state index < -0.39 is 11.7 Å². The molecule has 2 atom stereocenters.